The van der Waals surface area contributed by atoms with E-state index in [9.17, 15) is 9.90 Å². The zero-order valence-electron chi connectivity index (χ0n) is 14.9. The number of hydrogen-bond acceptors (Lipinski definition) is 6. The minimum atomic E-state index is -1.17. The van der Waals surface area contributed by atoms with Gasteiger partial charge >= 0.3 is 5.97 Å². The quantitative estimate of drug-likeness (QED) is 0.650. The number of benzene rings is 1. The van der Waals surface area contributed by atoms with Gasteiger partial charge in [0.25, 0.3) is 0 Å². The molecule has 6 heteroatoms. The van der Waals surface area contributed by atoms with Gasteiger partial charge in [-0.2, -0.15) is 0 Å². The van der Waals surface area contributed by atoms with E-state index in [2.05, 4.69) is 0 Å². The largest absolute Gasteiger partial charge is 0.492 e. The van der Waals surface area contributed by atoms with E-state index in [1.165, 1.54) is 45.6 Å². The van der Waals surface area contributed by atoms with E-state index in [1.54, 1.807) is 13.2 Å². The number of rotatable bonds is 5. The molecule has 1 saturated carbocycles. The van der Waals surface area contributed by atoms with E-state index in [0.29, 0.717) is 40.9 Å². The number of aliphatic hydroxyl groups excluding tert-OH is 1. The van der Waals surface area contributed by atoms with Gasteiger partial charge < -0.3 is 24.1 Å². The van der Waals surface area contributed by atoms with Crippen LogP contribution in [0.4, 0.5) is 0 Å². The second-order valence-electron chi connectivity index (χ2n) is 6.70. The third-order valence-electron chi connectivity index (χ3n) is 5.00. The predicted molar refractivity (Wildman–Crippen MR) is 91.4 cm³/mol. The van der Waals surface area contributed by atoms with Crippen LogP contribution in [-0.2, 0) is 11.2 Å². The fourth-order valence-electron chi connectivity index (χ4n) is 3.70. The Bertz CT molecular complexity index is 619. The fourth-order valence-corrected chi connectivity index (χ4v) is 3.70. The number of carbonyl (C=O) groups excluding carboxylic acids is 1. The van der Waals surface area contributed by atoms with Crippen LogP contribution in [0.5, 0.6) is 17.2 Å². The Kier molecular flexibility index (Phi) is 5.68. The number of cyclic esters (lactones) is 1. The summed E-state index contributed by atoms with van der Waals surface area (Å²) in [7, 11) is 3.06. The fraction of sp³-hybridized carbons (Fsp3) is 0.632. The Morgan fingerprint density at radius 2 is 1.80 bits per heavy atom. The Morgan fingerprint density at radius 1 is 1.12 bits per heavy atom. The van der Waals surface area contributed by atoms with Crippen LogP contribution >= 0.6 is 0 Å². The Hall–Kier alpha value is -1.95. The SMILES string of the molecule is COc1c(OCC2CCCCCC2)cc2c(c1OC)CC(O)OC2=O. The number of aliphatic hydroxyl groups is 1. The highest BCUT2D eigenvalue weighted by atomic mass is 16.6. The summed E-state index contributed by atoms with van der Waals surface area (Å²) in [5.74, 6) is 1.30. The van der Waals surface area contributed by atoms with Crippen LogP contribution in [0.1, 0.15) is 54.4 Å². The smallest absolute Gasteiger partial charge is 0.341 e. The zero-order valence-corrected chi connectivity index (χ0v) is 14.9. The average Bonchev–Trinajstić information content (AvgIpc) is 2.87. The van der Waals surface area contributed by atoms with Crippen LogP contribution in [0.25, 0.3) is 0 Å². The first-order valence-electron chi connectivity index (χ1n) is 8.93. The summed E-state index contributed by atoms with van der Waals surface area (Å²) >= 11 is 0. The zero-order chi connectivity index (χ0) is 17.8. The number of hydrogen-bond donors (Lipinski definition) is 1. The molecule has 1 atom stereocenters. The van der Waals surface area contributed by atoms with Gasteiger partial charge in [-0.3, -0.25) is 0 Å². The van der Waals surface area contributed by atoms with Gasteiger partial charge in [-0.05, 0) is 24.8 Å². The van der Waals surface area contributed by atoms with E-state index in [1.807, 2.05) is 0 Å². The molecule has 1 N–H and O–H groups in total. The molecule has 2 aliphatic rings. The molecule has 0 spiro atoms. The molecule has 1 aliphatic carbocycles. The lowest BCUT2D eigenvalue weighted by molar-refractivity contribution is -0.0691. The molecule has 1 fully saturated rings. The molecule has 0 saturated heterocycles. The molecule has 1 aromatic carbocycles. The monoisotopic (exact) mass is 350 g/mol. The highest BCUT2D eigenvalue weighted by Crippen LogP contribution is 2.44. The summed E-state index contributed by atoms with van der Waals surface area (Å²) in [6, 6.07) is 1.64. The first-order chi connectivity index (χ1) is 12.1. The van der Waals surface area contributed by atoms with E-state index < -0.39 is 12.3 Å². The molecular weight excluding hydrogens is 324 g/mol. The van der Waals surface area contributed by atoms with Crippen molar-refractivity contribution in [3.05, 3.63) is 17.2 Å². The Balaban J connectivity index is 1.87. The maximum Gasteiger partial charge on any atom is 0.341 e. The topological polar surface area (TPSA) is 74.2 Å². The van der Waals surface area contributed by atoms with Gasteiger partial charge in [-0.15, -0.1) is 0 Å². The molecule has 1 unspecified atom stereocenters. The minimum Gasteiger partial charge on any atom is -0.492 e. The van der Waals surface area contributed by atoms with E-state index in [0.717, 1.165) is 0 Å². The second-order valence-corrected chi connectivity index (χ2v) is 6.70. The van der Waals surface area contributed by atoms with Crippen molar-refractivity contribution in [3.63, 3.8) is 0 Å². The first kappa shape index (κ1) is 17.9. The Morgan fingerprint density at radius 3 is 2.44 bits per heavy atom. The maximum absolute atomic E-state index is 12.1. The molecule has 0 radical (unpaired) electrons. The van der Waals surface area contributed by atoms with Gasteiger partial charge in [0.05, 0.1) is 26.4 Å². The molecule has 1 aliphatic heterocycles. The molecule has 1 aromatic rings. The number of methoxy groups -OCH3 is 2. The minimum absolute atomic E-state index is 0.170. The van der Waals surface area contributed by atoms with Crippen LogP contribution in [0.3, 0.4) is 0 Å². The normalized spacial score (nSPS) is 21.1. The third kappa shape index (κ3) is 3.84. The van der Waals surface area contributed by atoms with Crippen LogP contribution in [0, 0.1) is 5.92 Å². The van der Waals surface area contributed by atoms with Gasteiger partial charge in [0.1, 0.15) is 0 Å². The van der Waals surface area contributed by atoms with Crippen LogP contribution in [0.15, 0.2) is 6.07 Å². The van der Waals surface area contributed by atoms with E-state index >= 15 is 0 Å². The average molecular weight is 350 g/mol. The predicted octanol–water partition coefficient (Wildman–Crippen LogP) is 3.08. The summed E-state index contributed by atoms with van der Waals surface area (Å²) in [5, 5.41) is 9.71. The molecule has 0 aromatic heterocycles. The summed E-state index contributed by atoms with van der Waals surface area (Å²) in [4.78, 5) is 12.1. The molecule has 138 valence electrons. The summed E-state index contributed by atoms with van der Waals surface area (Å²) in [6.07, 6.45) is 6.39. The van der Waals surface area contributed by atoms with Crippen molar-refractivity contribution in [1.29, 1.82) is 0 Å². The van der Waals surface area contributed by atoms with Crippen LogP contribution < -0.4 is 14.2 Å². The van der Waals surface area contributed by atoms with Gasteiger partial charge in [0.2, 0.25) is 12.0 Å². The number of fused-ring (bicyclic) bond motifs is 1. The van der Waals surface area contributed by atoms with Crippen molar-refractivity contribution in [2.45, 2.75) is 51.2 Å². The highest BCUT2D eigenvalue weighted by molar-refractivity contribution is 5.94. The van der Waals surface area contributed by atoms with Gasteiger partial charge in [-0.25, -0.2) is 4.79 Å². The maximum atomic E-state index is 12.1. The second kappa shape index (κ2) is 7.95. The van der Waals surface area contributed by atoms with Crippen molar-refractivity contribution in [1.82, 2.24) is 0 Å². The van der Waals surface area contributed by atoms with Gasteiger partial charge in [0.15, 0.2) is 11.5 Å². The lowest BCUT2D eigenvalue weighted by Gasteiger charge is -2.25. The Labute approximate surface area is 148 Å². The van der Waals surface area contributed by atoms with Crippen LogP contribution in [-0.4, -0.2) is 38.2 Å². The van der Waals surface area contributed by atoms with Crippen molar-refractivity contribution in [2.24, 2.45) is 5.92 Å². The third-order valence-corrected chi connectivity index (χ3v) is 5.00. The van der Waals surface area contributed by atoms with Crippen molar-refractivity contribution < 1.29 is 28.8 Å². The summed E-state index contributed by atoms with van der Waals surface area (Å²) in [6.45, 7) is 0.593. The van der Waals surface area contributed by atoms with Crippen molar-refractivity contribution in [2.75, 3.05) is 20.8 Å². The molecule has 6 nitrogen and oxygen atoms in total. The van der Waals surface area contributed by atoms with Gasteiger partial charge in [0, 0.05) is 12.0 Å². The highest BCUT2D eigenvalue weighted by Gasteiger charge is 2.32. The lowest BCUT2D eigenvalue weighted by Crippen LogP contribution is -2.28. The number of carbonyl (C=O) groups is 1. The van der Waals surface area contributed by atoms with E-state index in [4.69, 9.17) is 18.9 Å². The first-order valence-corrected chi connectivity index (χ1v) is 8.93. The molecule has 0 amide bonds. The molecule has 0 bridgehead atoms. The summed E-state index contributed by atoms with van der Waals surface area (Å²) in [5.41, 5.74) is 0.948. The molecule has 3 rings (SSSR count). The van der Waals surface area contributed by atoms with Crippen LogP contribution in [0.2, 0.25) is 0 Å². The number of esters is 1. The molecule has 25 heavy (non-hydrogen) atoms. The number of ether oxygens (including phenoxy) is 4. The van der Waals surface area contributed by atoms with Gasteiger partial charge in [-0.1, -0.05) is 25.7 Å². The molecular formula is C19H26O6. The molecule has 1 heterocycles. The summed E-state index contributed by atoms with van der Waals surface area (Å²) < 4.78 is 21.9. The van der Waals surface area contributed by atoms with E-state index in [-0.39, 0.29) is 6.42 Å². The standard InChI is InChI=1S/C19H26O6/c1-22-17-13-10-16(20)25-19(21)14(13)9-15(18(17)23-2)24-11-12-7-5-3-4-6-8-12/h9,12,16,20H,3-8,10-11H2,1-2H3. The van der Waals surface area contributed by atoms with Crippen molar-refractivity contribution >= 4 is 5.97 Å². The lowest BCUT2D eigenvalue weighted by atomic mass is 9.99. The van der Waals surface area contributed by atoms with Crippen molar-refractivity contribution in [3.8, 4) is 17.2 Å².